The number of fused-ring (bicyclic) bond motifs is 1. The topological polar surface area (TPSA) is 58.0 Å². The molecule has 0 amide bonds. The van der Waals surface area contributed by atoms with Crippen LogP contribution in [0.4, 0.5) is 0 Å². The molecule has 0 saturated carbocycles. The summed E-state index contributed by atoms with van der Waals surface area (Å²) >= 11 is 0. The Kier molecular flexibility index (Phi) is 1.40. The van der Waals surface area contributed by atoms with Crippen molar-refractivity contribution in [1.82, 2.24) is 9.78 Å². The van der Waals surface area contributed by atoms with Crippen molar-refractivity contribution in [2.45, 2.75) is 6.54 Å². The van der Waals surface area contributed by atoms with Crippen molar-refractivity contribution in [2.75, 3.05) is 0 Å². The van der Waals surface area contributed by atoms with Crippen LogP contribution >= 0.6 is 0 Å². The number of carboxylic acid groups (broad SMARTS) is 1. The highest BCUT2D eigenvalue weighted by Gasteiger charge is 2.09. The summed E-state index contributed by atoms with van der Waals surface area (Å²) in [5.74, 6) is -0.843. The molecule has 2 N–H and O–H groups in total. The average molecular weight is 164 g/mol. The summed E-state index contributed by atoms with van der Waals surface area (Å²) in [6.07, 6.45) is 1.79. The van der Waals surface area contributed by atoms with E-state index in [0.717, 1.165) is 11.3 Å². The molecule has 2 rings (SSSR count). The molecule has 1 aliphatic heterocycles. The molecule has 0 bridgehead atoms. The van der Waals surface area contributed by atoms with Crippen LogP contribution in [0.1, 0.15) is 0 Å². The van der Waals surface area contributed by atoms with Crippen molar-refractivity contribution in [2.24, 2.45) is 0 Å². The first-order valence-electron chi connectivity index (χ1n) is 3.62. The predicted molar refractivity (Wildman–Crippen MR) is 43.0 cm³/mol. The molecule has 62 valence electrons. The first-order chi connectivity index (χ1) is 5.77. The number of aromatic amines is 1. The maximum Gasteiger partial charge on any atom is 0.325 e. The van der Waals surface area contributed by atoms with Crippen LogP contribution in [0.5, 0.6) is 0 Å². The Bertz CT molecular complexity index is 374. The third-order valence-corrected chi connectivity index (χ3v) is 1.79. The number of carbonyl (C=O) groups is 1. The number of carboxylic acids is 1. The minimum atomic E-state index is -0.843. The fraction of sp³-hybridized carbons (Fsp3) is 0.125. The molecule has 0 fully saturated rings. The molecule has 0 atom stereocenters. The minimum Gasteiger partial charge on any atom is -0.480 e. The molecular weight excluding hydrogens is 156 g/mol. The smallest absolute Gasteiger partial charge is 0.325 e. The summed E-state index contributed by atoms with van der Waals surface area (Å²) in [5, 5.41) is 11.4. The van der Waals surface area contributed by atoms with Crippen LogP contribution in [0.2, 0.25) is 0 Å². The van der Waals surface area contributed by atoms with Crippen LogP contribution in [0.3, 0.4) is 0 Å². The van der Waals surface area contributed by atoms with Gasteiger partial charge in [-0.3, -0.25) is 9.48 Å². The van der Waals surface area contributed by atoms with Crippen LogP contribution in [0, 0.1) is 0 Å². The maximum absolute atomic E-state index is 10.4. The van der Waals surface area contributed by atoms with E-state index in [0.29, 0.717) is 0 Å². The van der Waals surface area contributed by atoms with Gasteiger partial charge < -0.3 is 10.2 Å². The summed E-state index contributed by atoms with van der Waals surface area (Å²) in [6.45, 7) is -0.0203. The highest BCUT2D eigenvalue weighted by atomic mass is 16.4. The van der Waals surface area contributed by atoms with Gasteiger partial charge in [-0.25, -0.2) is 0 Å². The van der Waals surface area contributed by atoms with E-state index in [4.69, 9.17) is 5.11 Å². The number of aromatic nitrogens is 2. The zero-order chi connectivity index (χ0) is 8.55. The van der Waals surface area contributed by atoms with Gasteiger partial charge in [0.05, 0.1) is 5.69 Å². The van der Waals surface area contributed by atoms with Crippen molar-refractivity contribution >= 4 is 5.97 Å². The first kappa shape index (κ1) is 6.97. The van der Waals surface area contributed by atoms with Gasteiger partial charge in [-0.15, -0.1) is 0 Å². The van der Waals surface area contributed by atoms with Crippen molar-refractivity contribution < 1.29 is 9.90 Å². The zero-order valence-electron chi connectivity index (χ0n) is 6.32. The van der Waals surface area contributed by atoms with E-state index in [2.05, 4.69) is 5.10 Å². The Morgan fingerprint density at radius 2 is 2.42 bits per heavy atom. The van der Waals surface area contributed by atoms with Crippen molar-refractivity contribution in [3.05, 3.63) is 24.4 Å². The normalized spacial score (nSPS) is 10.7. The Labute approximate surface area is 68.7 Å². The lowest BCUT2D eigenvalue weighted by Crippen LogP contribution is -2.09. The summed E-state index contributed by atoms with van der Waals surface area (Å²) in [5.41, 5.74) is 1.97. The molecule has 0 aromatic rings. The molecule has 1 heterocycles. The van der Waals surface area contributed by atoms with Crippen LogP contribution in [0.15, 0.2) is 24.4 Å². The summed E-state index contributed by atoms with van der Waals surface area (Å²) in [4.78, 5) is 10.4. The van der Waals surface area contributed by atoms with E-state index >= 15 is 0 Å². The largest absolute Gasteiger partial charge is 0.480 e. The quantitative estimate of drug-likeness (QED) is 0.695. The van der Waals surface area contributed by atoms with E-state index in [1.165, 1.54) is 0 Å². The van der Waals surface area contributed by atoms with Gasteiger partial charge in [0.15, 0.2) is 0 Å². The molecule has 0 aromatic carbocycles. The molecule has 2 aliphatic rings. The molecule has 1 aliphatic carbocycles. The molecule has 12 heavy (non-hydrogen) atoms. The summed E-state index contributed by atoms with van der Waals surface area (Å²) in [7, 11) is 0. The number of hydrogen-bond acceptors (Lipinski definition) is 1. The van der Waals surface area contributed by atoms with Crippen LogP contribution in [0.25, 0.3) is 11.3 Å². The van der Waals surface area contributed by atoms with E-state index in [1.54, 1.807) is 10.9 Å². The Morgan fingerprint density at radius 3 is 3.17 bits per heavy atom. The number of aliphatic carboxylic acids is 1. The lowest BCUT2D eigenvalue weighted by atomic mass is 10.3. The number of H-pyrrole nitrogens is 1. The summed E-state index contributed by atoms with van der Waals surface area (Å²) in [6, 6.07) is 5.72. The third kappa shape index (κ3) is 0.972. The molecule has 0 aromatic heterocycles. The second-order valence-electron chi connectivity index (χ2n) is 2.62. The fourth-order valence-corrected chi connectivity index (χ4v) is 1.28. The highest BCUT2D eigenvalue weighted by Crippen LogP contribution is 2.21. The van der Waals surface area contributed by atoms with Gasteiger partial charge in [0.1, 0.15) is 6.54 Å². The number of nitrogens with zero attached hydrogens (tertiary/aromatic N) is 1. The van der Waals surface area contributed by atoms with Crippen LogP contribution in [-0.4, -0.2) is 20.9 Å². The molecule has 0 unspecified atom stereocenters. The number of nitrogens with one attached hydrogen (secondary N) is 1. The Balaban J connectivity index is 2.37. The third-order valence-electron chi connectivity index (χ3n) is 1.79. The van der Waals surface area contributed by atoms with Crippen molar-refractivity contribution in [3.8, 4) is 11.3 Å². The predicted octanol–water partition coefficient (Wildman–Crippen LogP) is 1.01. The summed E-state index contributed by atoms with van der Waals surface area (Å²) < 4.78 is 1.59. The molecule has 4 nitrogen and oxygen atoms in total. The monoisotopic (exact) mass is 164 g/mol. The van der Waals surface area contributed by atoms with Crippen molar-refractivity contribution in [1.29, 1.82) is 0 Å². The van der Waals surface area contributed by atoms with Gasteiger partial charge in [0.2, 0.25) is 0 Å². The molecule has 0 saturated heterocycles. The lowest BCUT2D eigenvalue weighted by molar-refractivity contribution is -0.137. The van der Waals surface area contributed by atoms with E-state index in [-0.39, 0.29) is 6.54 Å². The molecule has 0 radical (unpaired) electrons. The second-order valence-corrected chi connectivity index (χ2v) is 2.62. The van der Waals surface area contributed by atoms with E-state index < -0.39 is 5.97 Å². The van der Waals surface area contributed by atoms with Gasteiger partial charge in [0.25, 0.3) is 0 Å². The maximum atomic E-state index is 10.4. The van der Waals surface area contributed by atoms with Gasteiger partial charge in [-0.05, 0) is 6.07 Å². The molecule has 0 spiro atoms. The highest BCUT2D eigenvalue weighted by molar-refractivity contribution is 5.69. The Hall–Kier alpha value is -1.71. The van der Waals surface area contributed by atoms with Gasteiger partial charge >= 0.3 is 5.97 Å². The van der Waals surface area contributed by atoms with Gasteiger partial charge in [-0.2, -0.15) is 0 Å². The lowest BCUT2D eigenvalue weighted by Gasteiger charge is -1.99. The van der Waals surface area contributed by atoms with Gasteiger partial charge in [-0.1, -0.05) is 12.1 Å². The van der Waals surface area contributed by atoms with Crippen LogP contribution < -0.4 is 0 Å². The Morgan fingerprint density at radius 1 is 1.58 bits per heavy atom. The second kappa shape index (κ2) is 2.41. The van der Waals surface area contributed by atoms with E-state index in [9.17, 15) is 4.79 Å². The number of rotatable bonds is 2. The molecular formula is C8H8N2O2. The zero-order valence-corrected chi connectivity index (χ0v) is 6.32. The van der Waals surface area contributed by atoms with Crippen LogP contribution in [-0.2, 0) is 11.3 Å². The number of hydrogen-bond donors (Lipinski definition) is 2. The SMILES string of the molecule is O=C(O)Cn1[nH]cc2cccc1-2. The standard InChI is InChI=1S/C8H8N2O2/c11-8(12)5-10-7-3-1-2-6(7)4-9-10/h1-4,9H,5H2,(H,11,12). The fourth-order valence-electron chi connectivity index (χ4n) is 1.28. The van der Waals surface area contributed by atoms with Crippen molar-refractivity contribution in [3.63, 3.8) is 0 Å². The average Bonchev–Trinajstić information content (AvgIpc) is 2.52. The van der Waals surface area contributed by atoms with Gasteiger partial charge in [0, 0.05) is 11.8 Å². The minimum absolute atomic E-state index is 0.0203. The molecule has 4 heteroatoms. The first-order valence-corrected chi connectivity index (χ1v) is 3.62. The van der Waals surface area contributed by atoms with E-state index in [1.807, 2.05) is 18.2 Å².